The zero-order valence-corrected chi connectivity index (χ0v) is 12.0. The van der Waals surface area contributed by atoms with Crippen LogP contribution in [-0.2, 0) is 12.8 Å². The highest BCUT2D eigenvalue weighted by atomic mass is 15.1. The first-order valence-corrected chi connectivity index (χ1v) is 7.76. The van der Waals surface area contributed by atoms with E-state index < -0.39 is 0 Å². The summed E-state index contributed by atoms with van der Waals surface area (Å²) >= 11 is 0. The Hall–Kier alpha value is -1.09. The maximum Gasteiger partial charge on any atom is 0.126 e. The largest absolute Gasteiger partial charge is 0.370 e. The summed E-state index contributed by atoms with van der Waals surface area (Å²) in [5, 5.41) is 3.51. The first-order valence-electron chi connectivity index (χ1n) is 7.76. The molecule has 3 nitrogen and oxygen atoms in total. The van der Waals surface area contributed by atoms with Gasteiger partial charge in [0.05, 0.1) is 0 Å². The molecule has 0 aromatic carbocycles. The van der Waals surface area contributed by atoms with E-state index in [1.807, 2.05) is 0 Å². The highest BCUT2D eigenvalue weighted by Crippen LogP contribution is 2.21. The maximum absolute atomic E-state index is 4.73. The minimum absolute atomic E-state index is 0.688. The van der Waals surface area contributed by atoms with Gasteiger partial charge in [0.2, 0.25) is 0 Å². The highest BCUT2D eigenvalue weighted by molar-refractivity contribution is 5.40. The number of rotatable bonds is 5. The van der Waals surface area contributed by atoms with E-state index in [-0.39, 0.29) is 0 Å². The smallest absolute Gasteiger partial charge is 0.126 e. The van der Waals surface area contributed by atoms with Gasteiger partial charge >= 0.3 is 0 Å². The second-order valence-corrected chi connectivity index (χ2v) is 6.15. The molecule has 3 rings (SSSR count). The average molecular weight is 259 g/mol. The molecule has 1 aliphatic carbocycles. The number of hydrogen-bond acceptors (Lipinski definition) is 3. The third-order valence-corrected chi connectivity index (χ3v) is 4.33. The average Bonchev–Trinajstić information content (AvgIpc) is 3.06. The number of anilines is 1. The molecule has 0 radical (unpaired) electrons. The molecule has 1 N–H and O–H groups in total. The lowest BCUT2D eigenvalue weighted by atomic mass is 10.1. The van der Waals surface area contributed by atoms with E-state index in [0.29, 0.717) is 5.92 Å². The zero-order chi connectivity index (χ0) is 13.1. The molecule has 2 heterocycles. The summed E-state index contributed by atoms with van der Waals surface area (Å²) < 4.78 is 0. The van der Waals surface area contributed by atoms with Crippen LogP contribution in [0.4, 0.5) is 5.82 Å². The van der Waals surface area contributed by atoms with E-state index in [1.54, 1.807) is 0 Å². The molecule has 104 valence electrons. The molecule has 0 bridgehead atoms. The Morgan fingerprint density at radius 2 is 2.05 bits per heavy atom. The van der Waals surface area contributed by atoms with E-state index in [9.17, 15) is 0 Å². The summed E-state index contributed by atoms with van der Waals surface area (Å²) in [4.78, 5) is 7.32. The van der Waals surface area contributed by atoms with Gasteiger partial charge in [-0.1, -0.05) is 13.0 Å². The molecule has 1 atom stereocenters. The number of aryl methyl sites for hydroxylation is 2. The number of hydrogen-bond donors (Lipinski definition) is 1. The van der Waals surface area contributed by atoms with Crippen LogP contribution in [0.5, 0.6) is 0 Å². The fraction of sp³-hybridized carbons (Fsp3) is 0.688. The molecular weight excluding hydrogens is 234 g/mol. The van der Waals surface area contributed by atoms with Crippen molar-refractivity contribution in [1.29, 1.82) is 0 Å². The molecule has 0 spiro atoms. The van der Waals surface area contributed by atoms with Crippen molar-refractivity contribution in [3.05, 3.63) is 23.4 Å². The van der Waals surface area contributed by atoms with E-state index in [1.165, 1.54) is 56.6 Å². The minimum atomic E-state index is 0.688. The van der Waals surface area contributed by atoms with E-state index in [2.05, 4.69) is 29.3 Å². The van der Waals surface area contributed by atoms with Crippen LogP contribution in [0.2, 0.25) is 0 Å². The van der Waals surface area contributed by atoms with Crippen LogP contribution in [0.15, 0.2) is 12.1 Å². The van der Waals surface area contributed by atoms with Crippen LogP contribution >= 0.6 is 0 Å². The molecule has 1 saturated heterocycles. The number of aromatic nitrogens is 1. The Labute approximate surface area is 116 Å². The normalized spacial score (nSPS) is 20.5. The van der Waals surface area contributed by atoms with Gasteiger partial charge in [-0.3, -0.25) is 0 Å². The SMILES string of the molecule is CC(CNc1ccc2c(n1)CCC2)CN1CCCC1. The van der Waals surface area contributed by atoms with Crippen molar-refractivity contribution in [3.63, 3.8) is 0 Å². The Balaban J connectivity index is 1.48. The summed E-state index contributed by atoms with van der Waals surface area (Å²) in [7, 11) is 0. The van der Waals surface area contributed by atoms with Crippen LogP contribution in [0, 0.1) is 5.92 Å². The third-order valence-electron chi connectivity index (χ3n) is 4.33. The first-order chi connectivity index (χ1) is 9.31. The molecule has 1 aromatic heterocycles. The van der Waals surface area contributed by atoms with E-state index >= 15 is 0 Å². The van der Waals surface area contributed by atoms with Gasteiger partial charge in [0, 0.05) is 18.8 Å². The second kappa shape index (κ2) is 5.91. The lowest BCUT2D eigenvalue weighted by Gasteiger charge is -2.20. The molecule has 1 unspecified atom stereocenters. The van der Waals surface area contributed by atoms with Crippen LogP contribution in [0.1, 0.15) is 37.4 Å². The standard InChI is InChI=1S/C16H25N3/c1-13(12-19-9-2-3-10-19)11-17-16-8-7-14-5-4-6-15(14)18-16/h7-8,13H,2-6,9-12H2,1H3,(H,17,18). The molecule has 1 aromatic rings. The van der Waals surface area contributed by atoms with Crippen LogP contribution in [0.3, 0.4) is 0 Å². The fourth-order valence-corrected chi connectivity index (χ4v) is 3.27. The van der Waals surface area contributed by atoms with Crippen LogP contribution in [-0.4, -0.2) is 36.1 Å². The van der Waals surface area contributed by atoms with Crippen molar-refractivity contribution in [2.45, 2.75) is 39.0 Å². The van der Waals surface area contributed by atoms with Crippen molar-refractivity contribution < 1.29 is 0 Å². The molecule has 0 amide bonds. The first kappa shape index (κ1) is 12.9. The molecule has 3 heteroatoms. The van der Waals surface area contributed by atoms with Gasteiger partial charge in [0.25, 0.3) is 0 Å². The van der Waals surface area contributed by atoms with Gasteiger partial charge < -0.3 is 10.2 Å². The van der Waals surface area contributed by atoms with Crippen molar-refractivity contribution >= 4 is 5.82 Å². The van der Waals surface area contributed by atoms with Gasteiger partial charge in [-0.15, -0.1) is 0 Å². The monoisotopic (exact) mass is 259 g/mol. The summed E-state index contributed by atoms with van der Waals surface area (Å²) in [6.45, 7) is 7.17. The van der Waals surface area contributed by atoms with E-state index in [4.69, 9.17) is 4.98 Å². The molecule has 2 aliphatic rings. The summed E-state index contributed by atoms with van der Waals surface area (Å²) in [6, 6.07) is 4.40. The van der Waals surface area contributed by atoms with Crippen LogP contribution in [0.25, 0.3) is 0 Å². The lowest BCUT2D eigenvalue weighted by Crippen LogP contribution is -2.29. The predicted molar refractivity (Wildman–Crippen MR) is 79.6 cm³/mol. The van der Waals surface area contributed by atoms with Gasteiger partial charge in [-0.2, -0.15) is 0 Å². The lowest BCUT2D eigenvalue weighted by molar-refractivity contribution is 0.294. The number of fused-ring (bicyclic) bond motifs is 1. The van der Waals surface area contributed by atoms with Gasteiger partial charge in [-0.25, -0.2) is 4.98 Å². The molecule has 19 heavy (non-hydrogen) atoms. The van der Waals surface area contributed by atoms with E-state index in [0.717, 1.165) is 18.8 Å². The number of nitrogens with zero attached hydrogens (tertiary/aromatic N) is 2. The minimum Gasteiger partial charge on any atom is -0.370 e. The number of nitrogens with one attached hydrogen (secondary N) is 1. The molecule has 1 fully saturated rings. The fourth-order valence-electron chi connectivity index (χ4n) is 3.27. The van der Waals surface area contributed by atoms with Gasteiger partial charge in [0.1, 0.15) is 5.82 Å². The maximum atomic E-state index is 4.73. The van der Waals surface area contributed by atoms with Crippen molar-refractivity contribution in [3.8, 4) is 0 Å². The van der Waals surface area contributed by atoms with Gasteiger partial charge in [0.15, 0.2) is 0 Å². The Morgan fingerprint density at radius 1 is 1.21 bits per heavy atom. The summed E-state index contributed by atoms with van der Waals surface area (Å²) in [5.41, 5.74) is 2.77. The Morgan fingerprint density at radius 3 is 2.89 bits per heavy atom. The number of pyridine rings is 1. The quantitative estimate of drug-likeness (QED) is 0.881. The third kappa shape index (κ3) is 3.27. The van der Waals surface area contributed by atoms with Crippen molar-refractivity contribution in [2.75, 3.05) is 31.5 Å². The molecule has 0 saturated carbocycles. The Kier molecular flexibility index (Phi) is 4.02. The van der Waals surface area contributed by atoms with Gasteiger partial charge in [-0.05, 0) is 62.7 Å². The predicted octanol–water partition coefficient (Wildman–Crippen LogP) is 2.71. The van der Waals surface area contributed by atoms with Crippen molar-refractivity contribution in [2.24, 2.45) is 5.92 Å². The second-order valence-electron chi connectivity index (χ2n) is 6.15. The molecule has 1 aliphatic heterocycles. The van der Waals surface area contributed by atoms with Crippen molar-refractivity contribution in [1.82, 2.24) is 9.88 Å². The summed E-state index contributed by atoms with van der Waals surface area (Å²) in [5.74, 6) is 1.75. The van der Waals surface area contributed by atoms with Crippen LogP contribution < -0.4 is 5.32 Å². The Bertz CT molecular complexity index is 424. The highest BCUT2D eigenvalue weighted by Gasteiger charge is 2.15. The summed E-state index contributed by atoms with van der Waals surface area (Å²) in [6.07, 6.45) is 6.42. The molecular formula is C16H25N3. The number of likely N-dealkylation sites (tertiary alicyclic amines) is 1. The zero-order valence-electron chi connectivity index (χ0n) is 12.0. The topological polar surface area (TPSA) is 28.2 Å².